The van der Waals surface area contributed by atoms with E-state index < -0.39 is 0 Å². The van der Waals surface area contributed by atoms with Crippen LogP contribution < -0.4 is 0 Å². The van der Waals surface area contributed by atoms with E-state index in [1.54, 1.807) is 0 Å². The van der Waals surface area contributed by atoms with Gasteiger partial charge in [-0.05, 0) is 70.0 Å². The molecular formula is C23H34Cl2FeN3. The van der Waals surface area contributed by atoms with Crippen LogP contribution in [-0.2, 0) is 13.1 Å². The SMILES string of the molecule is CC(=Nc1c(C)cc(C)cc1C)C1CCCC(C(C)=NC2CCCC2)[N-]1.[Cl][Fe+][Cl]. The van der Waals surface area contributed by atoms with E-state index in [-0.39, 0.29) is 19.2 Å². The van der Waals surface area contributed by atoms with Crippen LogP contribution in [0.4, 0.5) is 5.69 Å². The van der Waals surface area contributed by atoms with Gasteiger partial charge in [-0.1, -0.05) is 61.9 Å². The van der Waals surface area contributed by atoms with Crippen LogP contribution in [0.2, 0.25) is 0 Å². The van der Waals surface area contributed by atoms with Gasteiger partial charge in [0, 0.05) is 6.04 Å². The van der Waals surface area contributed by atoms with E-state index in [0.29, 0.717) is 12.1 Å². The Balaban J connectivity index is 0.000000941. The molecule has 29 heavy (non-hydrogen) atoms. The first-order valence-electron chi connectivity index (χ1n) is 10.6. The third-order valence-corrected chi connectivity index (χ3v) is 5.91. The van der Waals surface area contributed by atoms with Crippen molar-refractivity contribution in [3.63, 3.8) is 0 Å². The Morgan fingerprint density at radius 2 is 1.41 bits per heavy atom. The molecule has 0 spiro atoms. The Morgan fingerprint density at radius 1 is 0.897 bits per heavy atom. The maximum atomic E-state index is 5.14. The number of rotatable bonds is 4. The Hall–Kier alpha value is -0.381. The fraction of sp³-hybridized carbons (Fsp3) is 0.652. The Bertz CT molecular complexity index is 704. The molecule has 0 N–H and O–H groups in total. The molecule has 1 aliphatic heterocycles. The van der Waals surface area contributed by atoms with Gasteiger partial charge in [0.15, 0.2) is 0 Å². The van der Waals surface area contributed by atoms with E-state index in [9.17, 15) is 0 Å². The van der Waals surface area contributed by atoms with Gasteiger partial charge in [-0.25, -0.2) is 0 Å². The second-order valence-corrected chi connectivity index (χ2v) is 10.2. The molecule has 2 fully saturated rings. The average Bonchev–Trinajstić information content (AvgIpc) is 3.18. The summed E-state index contributed by atoms with van der Waals surface area (Å²) in [6, 6.07) is 5.52. The fourth-order valence-corrected chi connectivity index (χ4v) is 4.51. The molecule has 2 atom stereocenters. The molecule has 1 aromatic carbocycles. The van der Waals surface area contributed by atoms with Crippen molar-refractivity contribution in [1.29, 1.82) is 0 Å². The monoisotopic (exact) mass is 478 g/mol. The molecule has 2 unspecified atom stereocenters. The molecule has 1 aliphatic carbocycles. The summed E-state index contributed by atoms with van der Waals surface area (Å²) in [6.45, 7) is 10.8. The zero-order chi connectivity index (χ0) is 21.4. The molecule has 0 radical (unpaired) electrons. The number of hydrogen-bond donors (Lipinski definition) is 0. The number of nitrogens with zero attached hydrogens (tertiary/aromatic N) is 3. The van der Waals surface area contributed by atoms with Crippen molar-refractivity contribution in [2.45, 2.75) is 97.7 Å². The van der Waals surface area contributed by atoms with Gasteiger partial charge in [0.1, 0.15) is 0 Å². The van der Waals surface area contributed by atoms with E-state index >= 15 is 0 Å². The van der Waals surface area contributed by atoms with Crippen LogP contribution in [0, 0.1) is 20.8 Å². The Labute approximate surface area is 191 Å². The van der Waals surface area contributed by atoms with E-state index in [4.69, 9.17) is 35.5 Å². The van der Waals surface area contributed by atoms with Crippen molar-refractivity contribution >= 4 is 37.3 Å². The van der Waals surface area contributed by atoms with Crippen LogP contribution in [0.5, 0.6) is 0 Å². The normalized spacial score (nSPS) is 23.7. The third kappa shape index (κ3) is 7.67. The van der Waals surface area contributed by atoms with E-state index in [0.717, 1.165) is 24.2 Å². The van der Waals surface area contributed by atoms with Crippen LogP contribution in [0.15, 0.2) is 22.1 Å². The molecule has 3 nitrogen and oxygen atoms in total. The van der Waals surface area contributed by atoms with E-state index in [1.807, 2.05) is 0 Å². The summed E-state index contributed by atoms with van der Waals surface area (Å²) in [7, 11) is 9.53. The van der Waals surface area contributed by atoms with Gasteiger partial charge in [-0.2, -0.15) is 0 Å². The average molecular weight is 479 g/mol. The maximum absolute atomic E-state index is 5.14. The molecule has 0 amide bonds. The molecule has 1 saturated heterocycles. The van der Waals surface area contributed by atoms with Crippen molar-refractivity contribution in [3.8, 4) is 0 Å². The Morgan fingerprint density at radius 3 is 1.97 bits per heavy atom. The van der Waals surface area contributed by atoms with Crippen LogP contribution in [-0.4, -0.2) is 29.5 Å². The minimum atomic E-state index is 0.194. The first-order chi connectivity index (χ1) is 13.8. The number of hydrogen-bond acceptors (Lipinski definition) is 2. The molecule has 0 aromatic heterocycles. The summed E-state index contributed by atoms with van der Waals surface area (Å²) >= 11 is 0.194. The number of piperidine rings is 1. The van der Waals surface area contributed by atoms with Crippen molar-refractivity contribution in [3.05, 3.63) is 34.1 Å². The zero-order valence-electron chi connectivity index (χ0n) is 18.3. The van der Waals surface area contributed by atoms with Crippen molar-refractivity contribution in [2.24, 2.45) is 9.98 Å². The van der Waals surface area contributed by atoms with Gasteiger partial charge < -0.3 is 5.32 Å². The predicted octanol–water partition coefficient (Wildman–Crippen LogP) is 7.78. The topological polar surface area (TPSA) is 38.8 Å². The van der Waals surface area contributed by atoms with Crippen LogP contribution >= 0.6 is 20.2 Å². The van der Waals surface area contributed by atoms with Crippen molar-refractivity contribution < 1.29 is 13.1 Å². The standard InChI is InChI=1S/C23H34N3.2ClH.Fe/c1-15-13-16(2)23(17(3)14-15)25-19(5)22-12-8-11-21(26-22)18(4)24-20-9-6-7-10-20;;;/h13-14,20-22H,6-12H2,1-5H3;2*1H;/q-1;;;+3/p-2. The number of benzene rings is 1. The molecule has 2 aliphatic rings. The van der Waals surface area contributed by atoms with Gasteiger partial charge in [-0.15, -0.1) is 0 Å². The summed E-state index contributed by atoms with van der Waals surface area (Å²) in [4.78, 5) is 10.0. The summed E-state index contributed by atoms with van der Waals surface area (Å²) in [5.74, 6) is 0. The van der Waals surface area contributed by atoms with Gasteiger partial charge in [0.25, 0.3) is 0 Å². The molecule has 1 saturated carbocycles. The van der Waals surface area contributed by atoms with Crippen LogP contribution in [0.25, 0.3) is 5.32 Å². The predicted molar refractivity (Wildman–Crippen MR) is 125 cm³/mol. The molecule has 1 aromatic rings. The minimum absolute atomic E-state index is 0.194. The number of halogens is 2. The van der Waals surface area contributed by atoms with Gasteiger partial charge >= 0.3 is 33.3 Å². The first-order valence-corrected chi connectivity index (χ1v) is 13.6. The molecule has 1 heterocycles. The first kappa shape index (κ1) is 24.9. The summed E-state index contributed by atoms with van der Waals surface area (Å²) < 4.78 is 0. The zero-order valence-corrected chi connectivity index (χ0v) is 20.9. The van der Waals surface area contributed by atoms with E-state index in [1.165, 1.54) is 54.5 Å². The third-order valence-electron chi connectivity index (χ3n) is 5.91. The summed E-state index contributed by atoms with van der Waals surface area (Å²) in [5, 5.41) is 5.14. The molecule has 0 bridgehead atoms. The summed E-state index contributed by atoms with van der Waals surface area (Å²) in [6.07, 6.45) is 8.69. The summed E-state index contributed by atoms with van der Waals surface area (Å²) in [5.41, 5.74) is 7.34. The van der Waals surface area contributed by atoms with Gasteiger partial charge in [-0.3, -0.25) is 9.98 Å². The molecular weight excluding hydrogens is 445 g/mol. The van der Waals surface area contributed by atoms with Crippen LogP contribution in [0.3, 0.4) is 0 Å². The molecule has 6 heteroatoms. The Kier molecular flexibility index (Phi) is 10.7. The van der Waals surface area contributed by atoms with Crippen LogP contribution in [0.1, 0.15) is 75.5 Å². The van der Waals surface area contributed by atoms with Gasteiger partial charge in [0.2, 0.25) is 0 Å². The molecule has 163 valence electrons. The second-order valence-electron chi connectivity index (χ2n) is 8.37. The number of aryl methyl sites for hydroxylation is 3. The van der Waals surface area contributed by atoms with Gasteiger partial charge in [0.05, 0.1) is 5.69 Å². The second kappa shape index (κ2) is 12.5. The fourth-order valence-electron chi connectivity index (χ4n) is 4.51. The van der Waals surface area contributed by atoms with Crippen molar-refractivity contribution in [2.75, 3.05) is 0 Å². The van der Waals surface area contributed by atoms with Crippen molar-refractivity contribution in [1.82, 2.24) is 0 Å². The van der Waals surface area contributed by atoms with E-state index in [2.05, 4.69) is 46.8 Å². The number of aliphatic imine (C=N–C) groups is 2. The quantitative estimate of drug-likeness (QED) is 0.313. The molecule has 3 rings (SSSR count).